The van der Waals surface area contributed by atoms with Crippen LogP contribution in [0.3, 0.4) is 0 Å². The molecule has 0 aliphatic carbocycles. The van der Waals surface area contributed by atoms with Gasteiger partial charge in [0.2, 0.25) is 0 Å². The maximum absolute atomic E-state index is 3.60. The fraction of sp³-hybridized carbons (Fsp3) is 0.182. The van der Waals surface area contributed by atoms with Crippen molar-refractivity contribution in [1.29, 1.82) is 0 Å². The van der Waals surface area contributed by atoms with Crippen molar-refractivity contribution in [3.8, 4) is 0 Å². The van der Waals surface area contributed by atoms with Gasteiger partial charge >= 0.3 is 0 Å². The summed E-state index contributed by atoms with van der Waals surface area (Å²) in [6, 6.07) is 32.6. The van der Waals surface area contributed by atoms with Crippen molar-refractivity contribution in [3.63, 3.8) is 0 Å². The normalized spacial score (nSPS) is 11.6. The van der Waals surface area contributed by atoms with Gasteiger partial charge in [0, 0.05) is 6.04 Å². The van der Waals surface area contributed by atoms with E-state index < -0.39 is 0 Å². The van der Waals surface area contributed by atoms with Crippen molar-refractivity contribution < 1.29 is 0 Å². The van der Waals surface area contributed by atoms with Crippen LogP contribution in [-0.2, 0) is 4.75 Å². The maximum Gasteiger partial charge on any atom is 0.105 e. The molecule has 122 valence electrons. The van der Waals surface area contributed by atoms with E-state index in [-0.39, 0.29) is 4.75 Å². The van der Waals surface area contributed by atoms with Crippen molar-refractivity contribution in [1.82, 2.24) is 4.72 Å². The van der Waals surface area contributed by atoms with Crippen molar-refractivity contribution in [2.45, 2.75) is 24.6 Å². The minimum absolute atomic E-state index is 0.284. The van der Waals surface area contributed by atoms with Crippen molar-refractivity contribution in [3.05, 3.63) is 108 Å². The molecule has 2 heteroatoms. The highest BCUT2D eigenvalue weighted by atomic mass is 32.2. The summed E-state index contributed by atoms with van der Waals surface area (Å²) in [4.78, 5) is 0. The molecule has 0 saturated carbocycles. The molecule has 0 saturated heterocycles. The van der Waals surface area contributed by atoms with Crippen LogP contribution in [0.5, 0.6) is 0 Å². The fourth-order valence-corrected chi connectivity index (χ4v) is 4.08. The number of benzene rings is 3. The summed E-state index contributed by atoms with van der Waals surface area (Å²) in [6.45, 7) is 4.36. The van der Waals surface area contributed by atoms with Gasteiger partial charge in [-0.05, 0) is 30.5 Å². The first-order chi connectivity index (χ1) is 11.7. The largest absolute Gasteiger partial charge is 0.260 e. The highest BCUT2D eigenvalue weighted by Crippen LogP contribution is 2.47. The standard InChI is InChI=1S/C22H23NS/c1-18(2)23-24-22(19-12-6-3-7-13-19,20-14-8-4-9-15-20)21-16-10-5-11-17-21/h3-18,23H,1-2H3. The van der Waals surface area contributed by atoms with E-state index in [0.717, 1.165) is 0 Å². The average molecular weight is 334 g/mol. The Morgan fingerprint density at radius 3 is 1.25 bits per heavy atom. The smallest absolute Gasteiger partial charge is 0.105 e. The van der Waals surface area contributed by atoms with Gasteiger partial charge in [-0.15, -0.1) is 0 Å². The average Bonchev–Trinajstić information content (AvgIpc) is 2.65. The zero-order chi connectivity index (χ0) is 16.8. The molecule has 24 heavy (non-hydrogen) atoms. The van der Waals surface area contributed by atoms with E-state index in [0.29, 0.717) is 6.04 Å². The molecule has 0 unspecified atom stereocenters. The van der Waals surface area contributed by atoms with E-state index >= 15 is 0 Å². The molecule has 0 aromatic heterocycles. The van der Waals surface area contributed by atoms with Gasteiger partial charge in [0.25, 0.3) is 0 Å². The van der Waals surface area contributed by atoms with Crippen LogP contribution in [-0.4, -0.2) is 6.04 Å². The number of rotatable bonds is 6. The highest BCUT2D eigenvalue weighted by molar-refractivity contribution is 7.98. The predicted octanol–water partition coefficient (Wildman–Crippen LogP) is 5.62. The molecule has 0 atom stereocenters. The maximum atomic E-state index is 3.60. The zero-order valence-corrected chi connectivity index (χ0v) is 15.0. The summed E-state index contributed by atoms with van der Waals surface area (Å²) in [5, 5.41) is 0. The summed E-state index contributed by atoms with van der Waals surface area (Å²) in [6.07, 6.45) is 0. The lowest BCUT2D eigenvalue weighted by Crippen LogP contribution is -2.31. The van der Waals surface area contributed by atoms with Crippen LogP contribution in [0.25, 0.3) is 0 Å². The lowest BCUT2D eigenvalue weighted by Gasteiger charge is -2.35. The lowest BCUT2D eigenvalue weighted by atomic mass is 9.84. The number of hydrogen-bond acceptors (Lipinski definition) is 2. The van der Waals surface area contributed by atoms with Gasteiger partial charge in [-0.2, -0.15) is 0 Å². The van der Waals surface area contributed by atoms with Crippen LogP contribution in [0.4, 0.5) is 0 Å². The molecular formula is C22H23NS. The SMILES string of the molecule is CC(C)NSC(c1ccccc1)(c1ccccc1)c1ccccc1. The molecule has 3 aromatic carbocycles. The van der Waals surface area contributed by atoms with Gasteiger partial charge in [0.05, 0.1) is 0 Å². The van der Waals surface area contributed by atoms with Crippen LogP contribution < -0.4 is 4.72 Å². The number of nitrogens with one attached hydrogen (secondary N) is 1. The molecule has 0 fully saturated rings. The van der Waals surface area contributed by atoms with E-state index in [9.17, 15) is 0 Å². The molecular weight excluding hydrogens is 310 g/mol. The molecule has 0 aliphatic rings. The van der Waals surface area contributed by atoms with Crippen LogP contribution >= 0.6 is 11.9 Å². The predicted molar refractivity (Wildman–Crippen MR) is 105 cm³/mol. The Morgan fingerprint density at radius 1 is 0.625 bits per heavy atom. The summed E-state index contributed by atoms with van der Waals surface area (Å²) >= 11 is 1.79. The van der Waals surface area contributed by atoms with Crippen LogP contribution in [0.1, 0.15) is 30.5 Å². The molecule has 3 rings (SSSR count). The van der Waals surface area contributed by atoms with Gasteiger partial charge in [0.15, 0.2) is 0 Å². The fourth-order valence-electron chi connectivity index (χ4n) is 2.90. The molecule has 0 amide bonds. The second-order valence-electron chi connectivity index (χ2n) is 6.15. The first-order valence-electron chi connectivity index (χ1n) is 8.33. The monoisotopic (exact) mass is 333 g/mol. The van der Waals surface area contributed by atoms with Crippen molar-refractivity contribution in [2.75, 3.05) is 0 Å². The van der Waals surface area contributed by atoms with Crippen molar-refractivity contribution in [2.24, 2.45) is 0 Å². The first-order valence-corrected chi connectivity index (χ1v) is 9.15. The Hall–Kier alpha value is -2.03. The van der Waals surface area contributed by atoms with Crippen LogP contribution in [0, 0.1) is 0 Å². The van der Waals surface area contributed by atoms with Crippen LogP contribution in [0.2, 0.25) is 0 Å². The quantitative estimate of drug-likeness (QED) is 0.464. The minimum Gasteiger partial charge on any atom is -0.260 e. The van der Waals surface area contributed by atoms with Gasteiger partial charge in [0.1, 0.15) is 4.75 Å². The Morgan fingerprint density at radius 2 is 0.958 bits per heavy atom. The molecule has 0 aliphatic heterocycles. The topological polar surface area (TPSA) is 12.0 Å². The van der Waals surface area contributed by atoms with Gasteiger partial charge in [-0.25, -0.2) is 0 Å². The third kappa shape index (κ3) is 3.40. The van der Waals surface area contributed by atoms with Gasteiger partial charge in [-0.1, -0.05) is 103 Å². The second kappa shape index (κ2) is 7.69. The second-order valence-corrected chi connectivity index (χ2v) is 7.21. The van der Waals surface area contributed by atoms with Gasteiger partial charge < -0.3 is 0 Å². The lowest BCUT2D eigenvalue weighted by molar-refractivity contribution is 0.755. The minimum atomic E-state index is -0.284. The van der Waals surface area contributed by atoms with E-state index in [1.807, 2.05) is 0 Å². The highest BCUT2D eigenvalue weighted by Gasteiger charge is 2.37. The Kier molecular flexibility index (Phi) is 5.39. The molecule has 3 aromatic rings. The first kappa shape index (κ1) is 16.8. The van der Waals surface area contributed by atoms with E-state index in [1.165, 1.54) is 16.7 Å². The Bertz CT molecular complexity index is 642. The molecule has 0 bridgehead atoms. The molecule has 0 heterocycles. The Labute approximate surface area is 149 Å². The molecule has 1 nitrogen and oxygen atoms in total. The van der Waals surface area contributed by atoms with Gasteiger partial charge in [-0.3, -0.25) is 4.72 Å². The van der Waals surface area contributed by atoms with Crippen molar-refractivity contribution >= 4 is 11.9 Å². The molecule has 1 N–H and O–H groups in total. The summed E-state index contributed by atoms with van der Waals surface area (Å²) in [7, 11) is 0. The third-order valence-electron chi connectivity index (χ3n) is 3.99. The summed E-state index contributed by atoms with van der Waals surface area (Å²) in [5.41, 5.74) is 3.83. The van der Waals surface area contributed by atoms with E-state index in [1.54, 1.807) is 11.9 Å². The van der Waals surface area contributed by atoms with E-state index in [4.69, 9.17) is 0 Å². The zero-order valence-electron chi connectivity index (χ0n) is 14.1. The number of hydrogen-bond donors (Lipinski definition) is 1. The summed E-state index contributed by atoms with van der Waals surface area (Å²) < 4.78 is 3.31. The third-order valence-corrected chi connectivity index (χ3v) is 5.59. The summed E-state index contributed by atoms with van der Waals surface area (Å²) in [5.74, 6) is 0. The Balaban J connectivity index is 2.24. The van der Waals surface area contributed by atoms with E-state index in [2.05, 4.69) is 110 Å². The molecule has 0 spiro atoms. The van der Waals surface area contributed by atoms with Crippen LogP contribution in [0.15, 0.2) is 91.0 Å². The molecule has 0 radical (unpaired) electrons.